The molecule has 0 radical (unpaired) electrons. The Morgan fingerprint density at radius 3 is 2.62 bits per heavy atom. The van der Waals surface area contributed by atoms with Gasteiger partial charge in [-0.05, 0) is 53.8 Å². The Balaban J connectivity index is 1.75. The molecule has 0 fully saturated rings. The minimum Gasteiger partial charge on any atom is -0.481 e. The summed E-state index contributed by atoms with van der Waals surface area (Å²) < 4.78 is 0. The number of hydrogen-bond acceptors (Lipinski definition) is 4. The maximum Gasteiger partial charge on any atom is 0.304 e. The molecule has 2 amide bonds. The van der Waals surface area contributed by atoms with Crippen LogP contribution >= 0.6 is 0 Å². The number of pyridine rings is 1. The molecule has 0 bridgehead atoms. The highest BCUT2D eigenvalue weighted by Crippen LogP contribution is 2.25. The Kier molecular flexibility index (Phi) is 6.26. The standard InChI is InChI=1S/C22H25N3O4/c1-24(10-7-15-5-8-23-9-6-15)21(28)16-3-4-17-14-25(2)22(29)19(13-20(26)27)12-18(17)11-16/h3-6,8-9,11,19H,7,10,12-14H2,1-2H3,(H,26,27)/t19-/m1/s1. The maximum atomic E-state index is 12.9. The molecule has 7 heteroatoms. The maximum absolute atomic E-state index is 12.9. The van der Waals surface area contributed by atoms with Gasteiger partial charge in [0, 0.05) is 45.1 Å². The highest BCUT2D eigenvalue weighted by molar-refractivity contribution is 5.94. The summed E-state index contributed by atoms with van der Waals surface area (Å²) in [5, 5.41) is 9.14. The molecule has 3 rings (SSSR count). The summed E-state index contributed by atoms with van der Waals surface area (Å²) in [7, 11) is 3.44. The first-order chi connectivity index (χ1) is 13.8. The van der Waals surface area contributed by atoms with Gasteiger partial charge in [0.2, 0.25) is 5.91 Å². The third-order valence-electron chi connectivity index (χ3n) is 5.31. The Hall–Kier alpha value is -3.22. The summed E-state index contributed by atoms with van der Waals surface area (Å²) in [5.41, 5.74) is 3.47. The number of hydrogen-bond donors (Lipinski definition) is 1. The number of likely N-dealkylation sites (N-methyl/N-ethyl adjacent to an activating group) is 1. The Morgan fingerprint density at radius 2 is 1.93 bits per heavy atom. The summed E-state index contributed by atoms with van der Waals surface area (Å²) in [6.45, 7) is 0.986. The molecular weight excluding hydrogens is 370 g/mol. The molecule has 1 atom stereocenters. The Bertz CT molecular complexity index is 914. The third kappa shape index (κ3) is 4.99. The van der Waals surface area contributed by atoms with Gasteiger partial charge >= 0.3 is 5.97 Å². The van der Waals surface area contributed by atoms with Gasteiger partial charge in [-0.25, -0.2) is 0 Å². The highest BCUT2D eigenvalue weighted by atomic mass is 16.4. The Morgan fingerprint density at radius 1 is 1.21 bits per heavy atom. The van der Waals surface area contributed by atoms with Crippen molar-refractivity contribution in [2.75, 3.05) is 20.6 Å². The van der Waals surface area contributed by atoms with Crippen LogP contribution in [-0.2, 0) is 29.0 Å². The summed E-state index contributed by atoms with van der Waals surface area (Å²) in [6.07, 6.45) is 4.31. The molecule has 1 N–H and O–H groups in total. The van der Waals surface area contributed by atoms with E-state index >= 15 is 0 Å². The van der Waals surface area contributed by atoms with Crippen molar-refractivity contribution in [3.05, 3.63) is 65.0 Å². The molecule has 1 aliphatic rings. The van der Waals surface area contributed by atoms with Crippen LogP contribution in [-0.4, -0.2) is 58.3 Å². The molecule has 0 aliphatic carbocycles. The summed E-state index contributed by atoms with van der Waals surface area (Å²) in [6, 6.07) is 9.31. The van der Waals surface area contributed by atoms with E-state index in [0.717, 1.165) is 23.1 Å². The number of aliphatic carboxylic acids is 1. The van der Waals surface area contributed by atoms with Crippen LogP contribution < -0.4 is 0 Å². The van der Waals surface area contributed by atoms with Gasteiger partial charge in [-0.3, -0.25) is 19.4 Å². The molecule has 1 aromatic carbocycles. The van der Waals surface area contributed by atoms with Crippen molar-refractivity contribution >= 4 is 17.8 Å². The molecule has 0 saturated carbocycles. The lowest BCUT2D eigenvalue weighted by molar-refractivity contribution is -0.143. The van der Waals surface area contributed by atoms with E-state index in [9.17, 15) is 14.4 Å². The fraction of sp³-hybridized carbons (Fsp3) is 0.364. The van der Waals surface area contributed by atoms with E-state index in [0.29, 0.717) is 25.1 Å². The number of nitrogens with zero attached hydrogens (tertiary/aromatic N) is 3. The molecule has 1 aromatic heterocycles. The summed E-state index contributed by atoms with van der Waals surface area (Å²) in [5.74, 6) is -1.89. The zero-order valence-electron chi connectivity index (χ0n) is 16.7. The van der Waals surface area contributed by atoms with Crippen LogP contribution in [0.2, 0.25) is 0 Å². The van der Waals surface area contributed by atoms with Gasteiger partial charge in [-0.2, -0.15) is 0 Å². The van der Waals surface area contributed by atoms with Crippen molar-refractivity contribution in [2.45, 2.75) is 25.8 Å². The fourth-order valence-corrected chi connectivity index (χ4v) is 3.64. The molecular formula is C22H25N3O4. The van der Waals surface area contributed by atoms with Crippen molar-refractivity contribution in [1.82, 2.24) is 14.8 Å². The fourth-order valence-electron chi connectivity index (χ4n) is 3.64. The number of rotatable bonds is 6. The van der Waals surface area contributed by atoms with E-state index in [-0.39, 0.29) is 18.2 Å². The topological polar surface area (TPSA) is 90.8 Å². The highest BCUT2D eigenvalue weighted by Gasteiger charge is 2.30. The average molecular weight is 395 g/mol. The number of fused-ring (bicyclic) bond motifs is 1. The third-order valence-corrected chi connectivity index (χ3v) is 5.31. The molecule has 0 saturated heterocycles. The quantitative estimate of drug-likeness (QED) is 0.808. The predicted octanol–water partition coefficient (Wildman–Crippen LogP) is 2.00. The van der Waals surface area contributed by atoms with Gasteiger partial charge in [0.05, 0.1) is 12.3 Å². The zero-order chi connectivity index (χ0) is 21.0. The normalized spacial score (nSPS) is 16.1. The van der Waals surface area contributed by atoms with E-state index in [2.05, 4.69) is 4.98 Å². The largest absolute Gasteiger partial charge is 0.481 e. The van der Waals surface area contributed by atoms with Gasteiger partial charge in [0.15, 0.2) is 0 Å². The molecule has 1 aliphatic heterocycles. The number of aromatic nitrogens is 1. The zero-order valence-corrected chi connectivity index (χ0v) is 16.7. The number of benzene rings is 1. The second-order valence-corrected chi connectivity index (χ2v) is 7.51. The van der Waals surface area contributed by atoms with Crippen LogP contribution in [0, 0.1) is 5.92 Å². The first-order valence-electron chi connectivity index (χ1n) is 9.58. The van der Waals surface area contributed by atoms with Crippen molar-refractivity contribution in [1.29, 1.82) is 0 Å². The number of carbonyl (C=O) groups is 3. The van der Waals surface area contributed by atoms with E-state index in [4.69, 9.17) is 5.11 Å². The van der Waals surface area contributed by atoms with Crippen molar-refractivity contribution in [3.8, 4) is 0 Å². The lowest BCUT2D eigenvalue weighted by Crippen LogP contribution is -2.32. The predicted molar refractivity (Wildman–Crippen MR) is 107 cm³/mol. The average Bonchev–Trinajstić information content (AvgIpc) is 2.82. The van der Waals surface area contributed by atoms with Crippen LogP contribution in [0.3, 0.4) is 0 Å². The van der Waals surface area contributed by atoms with Crippen LogP contribution in [0.5, 0.6) is 0 Å². The number of amides is 2. The van der Waals surface area contributed by atoms with E-state index < -0.39 is 11.9 Å². The van der Waals surface area contributed by atoms with Gasteiger partial charge in [0.25, 0.3) is 5.91 Å². The lowest BCUT2D eigenvalue weighted by atomic mass is 9.93. The van der Waals surface area contributed by atoms with Gasteiger partial charge in [0.1, 0.15) is 0 Å². The van der Waals surface area contributed by atoms with Crippen LogP contribution in [0.4, 0.5) is 0 Å². The van der Waals surface area contributed by atoms with Gasteiger partial charge in [-0.1, -0.05) is 6.07 Å². The molecule has 2 aromatic rings. The van der Waals surface area contributed by atoms with E-state index in [1.165, 1.54) is 0 Å². The molecule has 29 heavy (non-hydrogen) atoms. The molecule has 2 heterocycles. The van der Waals surface area contributed by atoms with Crippen LogP contribution in [0.25, 0.3) is 0 Å². The van der Waals surface area contributed by atoms with Crippen LogP contribution in [0.15, 0.2) is 42.7 Å². The van der Waals surface area contributed by atoms with Gasteiger partial charge < -0.3 is 14.9 Å². The van der Waals surface area contributed by atoms with Crippen molar-refractivity contribution in [2.24, 2.45) is 5.92 Å². The Labute approximate surface area is 170 Å². The smallest absolute Gasteiger partial charge is 0.304 e. The van der Waals surface area contributed by atoms with E-state index in [1.807, 2.05) is 24.3 Å². The number of carboxylic acids is 1. The lowest BCUT2D eigenvalue weighted by Gasteiger charge is -2.19. The molecule has 0 unspecified atom stereocenters. The number of carbonyl (C=O) groups excluding carboxylic acids is 2. The molecule has 152 valence electrons. The summed E-state index contributed by atoms with van der Waals surface area (Å²) >= 11 is 0. The van der Waals surface area contributed by atoms with Crippen LogP contribution in [0.1, 0.15) is 33.5 Å². The first kappa shape index (κ1) is 20.5. The van der Waals surface area contributed by atoms with Crippen molar-refractivity contribution < 1.29 is 19.5 Å². The SMILES string of the molecule is CN(CCc1ccncc1)C(=O)c1ccc2c(c1)C[C@H](CC(=O)O)C(=O)N(C)C2. The molecule has 7 nitrogen and oxygen atoms in total. The minimum absolute atomic E-state index is 0.0967. The first-order valence-corrected chi connectivity index (χ1v) is 9.58. The van der Waals surface area contributed by atoms with E-state index in [1.54, 1.807) is 42.4 Å². The molecule has 0 spiro atoms. The second-order valence-electron chi connectivity index (χ2n) is 7.51. The summed E-state index contributed by atoms with van der Waals surface area (Å²) in [4.78, 5) is 43.7. The second kappa shape index (κ2) is 8.86. The van der Waals surface area contributed by atoms with Crippen molar-refractivity contribution in [3.63, 3.8) is 0 Å². The minimum atomic E-state index is -0.997. The van der Waals surface area contributed by atoms with Gasteiger partial charge in [-0.15, -0.1) is 0 Å². The number of carboxylic acid groups (broad SMARTS) is 1. The monoisotopic (exact) mass is 395 g/mol.